The van der Waals surface area contributed by atoms with Gasteiger partial charge in [-0.25, -0.2) is 4.98 Å². The number of aliphatic hydroxyl groups is 1. The molecule has 5 heteroatoms. The molecule has 1 aliphatic rings. The molecule has 25 heavy (non-hydrogen) atoms. The highest BCUT2D eigenvalue weighted by molar-refractivity contribution is 9.10. The van der Waals surface area contributed by atoms with Gasteiger partial charge in [0.25, 0.3) is 0 Å². The standard InChI is InChI=1S/C20H21BrN2O2/c21-16-8-1-4-11-19(16)25-13-15(24)12-23-18-10-3-2-9-17(18)22-20(23)14-6-5-7-14/h1-4,8-11,14-15,24H,5-7,12-13H2. The van der Waals surface area contributed by atoms with Gasteiger partial charge in [0, 0.05) is 5.92 Å². The maximum absolute atomic E-state index is 10.5. The lowest BCUT2D eigenvalue weighted by Gasteiger charge is -2.26. The molecule has 1 fully saturated rings. The molecule has 1 N–H and O–H groups in total. The fraction of sp³-hybridized carbons (Fsp3) is 0.350. The van der Waals surface area contributed by atoms with Crippen LogP contribution >= 0.6 is 15.9 Å². The fourth-order valence-electron chi connectivity index (χ4n) is 3.28. The van der Waals surface area contributed by atoms with Crippen LogP contribution in [-0.4, -0.2) is 27.4 Å². The number of imidazole rings is 1. The number of fused-ring (bicyclic) bond motifs is 1. The lowest BCUT2D eigenvalue weighted by molar-refractivity contribution is 0.0916. The molecule has 4 rings (SSSR count). The molecule has 1 saturated carbocycles. The summed E-state index contributed by atoms with van der Waals surface area (Å²) in [5.74, 6) is 2.37. The number of para-hydroxylation sites is 3. The summed E-state index contributed by atoms with van der Waals surface area (Å²) in [6, 6.07) is 15.8. The van der Waals surface area contributed by atoms with Crippen molar-refractivity contribution in [2.24, 2.45) is 0 Å². The number of hydrogen-bond acceptors (Lipinski definition) is 3. The van der Waals surface area contributed by atoms with Gasteiger partial charge in [0.05, 0.1) is 22.1 Å². The van der Waals surface area contributed by atoms with Gasteiger partial charge >= 0.3 is 0 Å². The van der Waals surface area contributed by atoms with Crippen molar-refractivity contribution < 1.29 is 9.84 Å². The summed E-state index contributed by atoms with van der Waals surface area (Å²) in [6.07, 6.45) is 3.05. The second-order valence-electron chi connectivity index (χ2n) is 6.59. The SMILES string of the molecule is OC(COc1ccccc1Br)Cn1c(C2CCC2)nc2ccccc21. The Hall–Kier alpha value is -1.85. The first-order valence-electron chi connectivity index (χ1n) is 8.73. The van der Waals surface area contributed by atoms with Crippen molar-refractivity contribution in [1.82, 2.24) is 9.55 Å². The van der Waals surface area contributed by atoms with Gasteiger partial charge in [-0.15, -0.1) is 0 Å². The molecule has 4 nitrogen and oxygen atoms in total. The molecule has 0 amide bonds. The van der Waals surface area contributed by atoms with Crippen molar-refractivity contribution in [1.29, 1.82) is 0 Å². The third kappa shape index (κ3) is 3.44. The number of benzene rings is 2. The van der Waals surface area contributed by atoms with Crippen LogP contribution in [0.5, 0.6) is 5.75 Å². The predicted molar refractivity (Wildman–Crippen MR) is 102 cm³/mol. The molecule has 1 aliphatic carbocycles. The van der Waals surface area contributed by atoms with Crippen molar-refractivity contribution in [2.75, 3.05) is 6.61 Å². The molecular formula is C20H21BrN2O2. The zero-order chi connectivity index (χ0) is 17.2. The first-order chi connectivity index (χ1) is 12.2. The largest absolute Gasteiger partial charge is 0.490 e. The maximum atomic E-state index is 10.5. The fourth-order valence-corrected chi connectivity index (χ4v) is 3.67. The Morgan fingerprint density at radius 3 is 2.68 bits per heavy atom. The first-order valence-corrected chi connectivity index (χ1v) is 9.52. The van der Waals surface area contributed by atoms with E-state index in [1.807, 2.05) is 42.5 Å². The second kappa shape index (κ2) is 7.18. The number of aromatic nitrogens is 2. The topological polar surface area (TPSA) is 47.3 Å². The zero-order valence-electron chi connectivity index (χ0n) is 13.9. The summed E-state index contributed by atoms with van der Waals surface area (Å²) in [4.78, 5) is 4.82. The molecule has 1 unspecified atom stereocenters. The van der Waals surface area contributed by atoms with Crippen LogP contribution in [0.4, 0.5) is 0 Å². The molecule has 130 valence electrons. The van der Waals surface area contributed by atoms with Gasteiger partial charge in [0.1, 0.15) is 24.3 Å². The Balaban J connectivity index is 1.52. The minimum Gasteiger partial charge on any atom is -0.490 e. The van der Waals surface area contributed by atoms with Crippen molar-refractivity contribution in [3.05, 3.63) is 58.8 Å². The third-order valence-electron chi connectivity index (χ3n) is 4.82. The maximum Gasteiger partial charge on any atom is 0.133 e. The van der Waals surface area contributed by atoms with Gasteiger partial charge in [0.15, 0.2) is 0 Å². The van der Waals surface area contributed by atoms with Crippen LogP contribution in [-0.2, 0) is 6.54 Å². The molecule has 0 aliphatic heterocycles. The van der Waals surface area contributed by atoms with E-state index >= 15 is 0 Å². The van der Waals surface area contributed by atoms with Crippen LogP contribution in [0.15, 0.2) is 53.0 Å². The lowest BCUT2D eigenvalue weighted by Crippen LogP contribution is -2.26. The van der Waals surface area contributed by atoms with Crippen LogP contribution in [0, 0.1) is 0 Å². The summed E-state index contributed by atoms with van der Waals surface area (Å²) in [7, 11) is 0. The number of hydrogen-bond donors (Lipinski definition) is 1. The molecule has 0 spiro atoms. The van der Waals surface area contributed by atoms with E-state index in [4.69, 9.17) is 9.72 Å². The van der Waals surface area contributed by atoms with E-state index in [1.165, 1.54) is 19.3 Å². The highest BCUT2D eigenvalue weighted by Gasteiger charge is 2.26. The number of halogens is 1. The van der Waals surface area contributed by atoms with Gasteiger partial charge in [-0.05, 0) is 53.0 Å². The van der Waals surface area contributed by atoms with E-state index in [9.17, 15) is 5.11 Å². The molecule has 3 aromatic rings. The van der Waals surface area contributed by atoms with Crippen molar-refractivity contribution in [3.8, 4) is 5.75 Å². The lowest BCUT2D eigenvalue weighted by atomic mass is 9.85. The van der Waals surface area contributed by atoms with E-state index in [-0.39, 0.29) is 6.61 Å². The van der Waals surface area contributed by atoms with E-state index in [2.05, 4.69) is 26.6 Å². The quantitative estimate of drug-likeness (QED) is 0.662. The van der Waals surface area contributed by atoms with Crippen LogP contribution in [0.3, 0.4) is 0 Å². The summed E-state index contributed by atoms with van der Waals surface area (Å²) < 4.78 is 8.84. The monoisotopic (exact) mass is 400 g/mol. The van der Waals surface area contributed by atoms with Gasteiger partial charge < -0.3 is 14.4 Å². The predicted octanol–water partition coefficient (Wildman–Crippen LogP) is 4.51. The average Bonchev–Trinajstić information content (AvgIpc) is 2.91. The number of nitrogens with zero attached hydrogens (tertiary/aromatic N) is 2. The first kappa shape index (κ1) is 16.6. The van der Waals surface area contributed by atoms with Crippen LogP contribution in [0.2, 0.25) is 0 Å². The van der Waals surface area contributed by atoms with E-state index in [0.717, 1.165) is 27.1 Å². The Labute approximate surface area is 155 Å². The van der Waals surface area contributed by atoms with Gasteiger partial charge in [-0.1, -0.05) is 30.7 Å². The van der Waals surface area contributed by atoms with E-state index in [0.29, 0.717) is 12.5 Å². The molecule has 1 heterocycles. The zero-order valence-corrected chi connectivity index (χ0v) is 15.5. The minimum atomic E-state index is -0.594. The van der Waals surface area contributed by atoms with Crippen molar-refractivity contribution in [2.45, 2.75) is 37.8 Å². The minimum absolute atomic E-state index is 0.249. The van der Waals surface area contributed by atoms with Crippen LogP contribution < -0.4 is 4.74 Å². The molecule has 0 bridgehead atoms. The van der Waals surface area contributed by atoms with Crippen LogP contribution in [0.25, 0.3) is 11.0 Å². The van der Waals surface area contributed by atoms with Crippen LogP contribution in [0.1, 0.15) is 31.0 Å². The smallest absolute Gasteiger partial charge is 0.133 e. The van der Waals surface area contributed by atoms with Gasteiger partial charge in [0.2, 0.25) is 0 Å². The summed E-state index contributed by atoms with van der Waals surface area (Å²) >= 11 is 3.47. The van der Waals surface area contributed by atoms with Gasteiger partial charge in [-0.3, -0.25) is 0 Å². The van der Waals surface area contributed by atoms with E-state index in [1.54, 1.807) is 0 Å². The van der Waals surface area contributed by atoms with E-state index < -0.39 is 6.10 Å². The van der Waals surface area contributed by atoms with Gasteiger partial charge in [-0.2, -0.15) is 0 Å². The third-order valence-corrected chi connectivity index (χ3v) is 5.47. The average molecular weight is 401 g/mol. The second-order valence-corrected chi connectivity index (χ2v) is 7.45. The molecule has 0 saturated heterocycles. The summed E-state index contributed by atoms with van der Waals surface area (Å²) in [5.41, 5.74) is 2.09. The molecular weight excluding hydrogens is 380 g/mol. The number of ether oxygens (including phenoxy) is 1. The Morgan fingerprint density at radius 1 is 1.16 bits per heavy atom. The Bertz CT molecular complexity index is 873. The normalized spacial score (nSPS) is 15.9. The molecule has 1 aromatic heterocycles. The van der Waals surface area contributed by atoms with Crippen molar-refractivity contribution in [3.63, 3.8) is 0 Å². The highest BCUT2D eigenvalue weighted by atomic mass is 79.9. The highest BCUT2D eigenvalue weighted by Crippen LogP contribution is 2.37. The number of rotatable bonds is 6. The number of aliphatic hydroxyl groups excluding tert-OH is 1. The van der Waals surface area contributed by atoms with Crippen molar-refractivity contribution >= 4 is 27.0 Å². The Kier molecular flexibility index (Phi) is 4.77. The Morgan fingerprint density at radius 2 is 1.92 bits per heavy atom. The summed E-state index contributed by atoms with van der Waals surface area (Å²) in [6.45, 7) is 0.746. The molecule has 2 aromatic carbocycles. The summed E-state index contributed by atoms with van der Waals surface area (Å²) in [5, 5.41) is 10.5. The molecule has 1 atom stereocenters. The molecule has 0 radical (unpaired) electrons.